The molecule has 0 radical (unpaired) electrons. The van der Waals surface area contributed by atoms with Crippen molar-refractivity contribution in [2.24, 2.45) is 5.92 Å². The van der Waals surface area contributed by atoms with Crippen molar-refractivity contribution >= 4 is 34.7 Å². The zero-order valence-corrected chi connectivity index (χ0v) is 17.2. The van der Waals surface area contributed by atoms with E-state index in [-0.39, 0.29) is 12.4 Å². The Balaban J connectivity index is 0.000000913. The lowest BCUT2D eigenvalue weighted by atomic mass is 10.0. The van der Waals surface area contributed by atoms with Crippen LogP contribution < -0.4 is 10.2 Å². The Kier molecular flexibility index (Phi) is 7.37. The first kappa shape index (κ1) is 22.3. The number of rotatable bonds is 5. The van der Waals surface area contributed by atoms with E-state index in [4.69, 9.17) is 15.2 Å². The molecule has 2 aromatic heterocycles. The van der Waals surface area contributed by atoms with Crippen LogP contribution in [-0.4, -0.2) is 50.7 Å². The topological polar surface area (TPSA) is 145 Å². The van der Waals surface area contributed by atoms with Crippen LogP contribution in [0.4, 0.5) is 11.5 Å². The second-order valence-electron chi connectivity index (χ2n) is 7.07. The summed E-state index contributed by atoms with van der Waals surface area (Å²) in [6.45, 7) is 4.93. The highest BCUT2D eigenvalue weighted by molar-refractivity contribution is 6.01. The summed E-state index contributed by atoms with van der Waals surface area (Å²) >= 11 is 0. The Hall–Kier alpha value is -4.39. The maximum atomic E-state index is 11.5. The number of carboxylic acid groups (broad SMARTS) is 1. The minimum atomic E-state index is -0.251. The van der Waals surface area contributed by atoms with Crippen molar-refractivity contribution in [1.29, 1.82) is 5.26 Å². The molecule has 1 saturated heterocycles. The molecule has 0 unspecified atom stereocenters. The number of aromatic nitrogens is 4. The van der Waals surface area contributed by atoms with Crippen molar-refractivity contribution in [3.63, 3.8) is 0 Å². The highest BCUT2D eigenvalue weighted by Crippen LogP contribution is 2.30. The van der Waals surface area contributed by atoms with Crippen molar-refractivity contribution in [3.8, 4) is 6.07 Å². The molecule has 0 saturated carbocycles. The lowest BCUT2D eigenvalue weighted by Crippen LogP contribution is -2.22. The summed E-state index contributed by atoms with van der Waals surface area (Å²) in [7, 11) is 0. The number of nitrogens with zero attached hydrogens (tertiary/aromatic N) is 6. The fourth-order valence-corrected chi connectivity index (χ4v) is 3.55. The molecular weight excluding hydrogens is 410 g/mol. The monoisotopic (exact) mass is 431 g/mol. The summed E-state index contributed by atoms with van der Waals surface area (Å²) < 4.78 is 0. The van der Waals surface area contributed by atoms with Gasteiger partial charge in [-0.3, -0.25) is 9.59 Å². The van der Waals surface area contributed by atoms with Crippen molar-refractivity contribution in [2.45, 2.75) is 12.8 Å². The van der Waals surface area contributed by atoms with Gasteiger partial charge in [-0.2, -0.15) is 10.4 Å². The highest BCUT2D eigenvalue weighted by atomic mass is 16.3. The Morgan fingerprint density at radius 2 is 2.09 bits per heavy atom. The number of anilines is 2. The third-order valence-electron chi connectivity index (χ3n) is 4.99. The summed E-state index contributed by atoms with van der Waals surface area (Å²) in [6.07, 6.45) is 7.83. The Morgan fingerprint density at radius 3 is 2.78 bits per heavy atom. The van der Waals surface area contributed by atoms with Gasteiger partial charge in [0.2, 0.25) is 5.91 Å². The van der Waals surface area contributed by atoms with Crippen LogP contribution in [0.3, 0.4) is 0 Å². The van der Waals surface area contributed by atoms with Gasteiger partial charge >= 0.3 is 0 Å². The lowest BCUT2D eigenvalue weighted by molar-refractivity contribution is -0.122. The van der Waals surface area contributed by atoms with Gasteiger partial charge in [0.05, 0.1) is 11.8 Å². The number of fused-ring (bicyclic) bond motifs is 1. The molecule has 1 aromatic carbocycles. The molecule has 32 heavy (non-hydrogen) atoms. The molecule has 10 nitrogen and oxygen atoms in total. The van der Waals surface area contributed by atoms with E-state index in [9.17, 15) is 4.79 Å². The predicted molar refractivity (Wildman–Crippen MR) is 118 cm³/mol. The molecule has 1 atom stereocenters. The third kappa shape index (κ3) is 5.40. The predicted octanol–water partition coefficient (Wildman–Crippen LogP) is 2.19. The first-order valence-corrected chi connectivity index (χ1v) is 9.80. The summed E-state index contributed by atoms with van der Waals surface area (Å²) in [5, 5.41) is 28.9. The van der Waals surface area contributed by atoms with Crippen LogP contribution in [0.5, 0.6) is 0 Å². The van der Waals surface area contributed by atoms with Crippen LogP contribution in [0.2, 0.25) is 0 Å². The van der Waals surface area contributed by atoms with Crippen LogP contribution in [0.15, 0.2) is 49.4 Å². The fraction of sp³-hybridized carbons (Fsp3) is 0.227. The third-order valence-corrected chi connectivity index (χ3v) is 4.99. The van der Waals surface area contributed by atoms with Crippen LogP contribution in [0.25, 0.3) is 10.8 Å². The lowest BCUT2D eigenvalue weighted by Gasteiger charge is -2.19. The summed E-state index contributed by atoms with van der Waals surface area (Å²) in [6, 6.07) is 7.72. The molecule has 1 aliphatic rings. The molecule has 1 amide bonds. The maximum absolute atomic E-state index is 11.5. The molecule has 3 aromatic rings. The first-order valence-electron chi connectivity index (χ1n) is 9.80. The van der Waals surface area contributed by atoms with Crippen molar-refractivity contribution in [2.75, 3.05) is 23.3 Å². The average Bonchev–Trinajstić information content (AvgIpc) is 3.27. The largest absolute Gasteiger partial charge is 0.483 e. The minimum absolute atomic E-state index is 0.250. The zero-order chi connectivity index (χ0) is 22.9. The van der Waals surface area contributed by atoms with E-state index in [1.54, 1.807) is 18.6 Å². The van der Waals surface area contributed by atoms with Gasteiger partial charge < -0.3 is 15.3 Å². The van der Waals surface area contributed by atoms with Gasteiger partial charge in [-0.25, -0.2) is 9.97 Å². The van der Waals surface area contributed by atoms with Crippen LogP contribution in [0.1, 0.15) is 17.8 Å². The smallest absolute Gasteiger partial charge is 0.290 e. The molecule has 0 spiro atoms. The number of carbonyl (C=O) groups excluding carboxylic acids is 1. The zero-order valence-electron chi connectivity index (χ0n) is 17.2. The Bertz CT molecular complexity index is 1160. The number of nitriles is 1. The Labute approximate surface area is 184 Å². The normalized spacial score (nSPS) is 14.7. The van der Waals surface area contributed by atoms with E-state index in [0.29, 0.717) is 17.2 Å². The van der Waals surface area contributed by atoms with Gasteiger partial charge in [0.1, 0.15) is 11.9 Å². The van der Waals surface area contributed by atoms with Gasteiger partial charge in [0.25, 0.3) is 6.47 Å². The Morgan fingerprint density at radius 1 is 1.34 bits per heavy atom. The van der Waals surface area contributed by atoms with Gasteiger partial charge in [-0.05, 0) is 36.6 Å². The number of amides is 1. The molecule has 0 aliphatic carbocycles. The second-order valence-corrected chi connectivity index (χ2v) is 7.07. The van der Waals surface area contributed by atoms with Crippen molar-refractivity contribution in [1.82, 2.24) is 20.2 Å². The summed E-state index contributed by atoms with van der Waals surface area (Å²) in [4.78, 5) is 30.7. The number of carbonyl (C=O) groups is 2. The molecular formula is C22H21N7O3. The molecule has 1 aliphatic heterocycles. The van der Waals surface area contributed by atoms with E-state index in [0.717, 1.165) is 48.3 Å². The number of hydrogen-bond acceptors (Lipinski definition) is 8. The standard InChI is InChI=1S/C21H19N7O.CH2O2/c1-2-20(29)26-17-3-4-18-16(8-17)12-25-27-21(18)28-6-5-14(13-28)7-19-23-10-15(9-22)11-24-19;2-1-3/h2-4,8,10-12,14H,1,5-7,13H2,(H,26,29);1H,(H,2,3)/t14-;/m0./s1. The number of nitrogens with one attached hydrogen (secondary N) is 1. The maximum Gasteiger partial charge on any atom is 0.290 e. The number of benzene rings is 1. The molecule has 0 bridgehead atoms. The van der Waals surface area contributed by atoms with Crippen LogP contribution in [0, 0.1) is 17.2 Å². The molecule has 3 heterocycles. The van der Waals surface area contributed by atoms with Crippen molar-refractivity contribution in [3.05, 3.63) is 60.8 Å². The van der Waals surface area contributed by atoms with Crippen LogP contribution in [-0.2, 0) is 16.0 Å². The minimum Gasteiger partial charge on any atom is -0.483 e. The van der Waals surface area contributed by atoms with Gasteiger partial charge in [0.15, 0.2) is 5.82 Å². The van der Waals surface area contributed by atoms with E-state index in [2.05, 4.69) is 37.0 Å². The SMILES string of the molecule is C=CC(=O)Nc1ccc2c(N3CC[C@@H](Cc4ncc(C#N)cn4)C3)nncc2c1.O=CO. The van der Waals surface area contributed by atoms with Gasteiger partial charge in [-0.1, -0.05) is 6.58 Å². The van der Waals surface area contributed by atoms with E-state index in [1.807, 2.05) is 24.3 Å². The quantitative estimate of drug-likeness (QED) is 0.458. The molecule has 4 rings (SSSR count). The van der Waals surface area contributed by atoms with Gasteiger partial charge in [-0.15, -0.1) is 5.10 Å². The van der Waals surface area contributed by atoms with Crippen LogP contribution >= 0.6 is 0 Å². The second kappa shape index (κ2) is 10.6. The fourth-order valence-electron chi connectivity index (χ4n) is 3.55. The number of hydrogen-bond donors (Lipinski definition) is 2. The van der Waals surface area contributed by atoms with E-state index >= 15 is 0 Å². The highest BCUT2D eigenvalue weighted by Gasteiger charge is 2.26. The molecule has 1 fully saturated rings. The summed E-state index contributed by atoms with van der Waals surface area (Å²) in [5.74, 6) is 1.75. The van der Waals surface area contributed by atoms with Gasteiger partial charge in [0, 0.05) is 48.4 Å². The van der Waals surface area contributed by atoms with Crippen molar-refractivity contribution < 1.29 is 14.7 Å². The van der Waals surface area contributed by atoms with E-state index in [1.165, 1.54) is 6.08 Å². The molecule has 2 N–H and O–H groups in total. The first-order chi connectivity index (χ1) is 15.6. The average molecular weight is 431 g/mol. The summed E-state index contributed by atoms with van der Waals surface area (Å²) in [5.41, 5.74) is 1.16. The molecule has 10 heteroatoms. The van der Waals surface area contributed by atoms with E-state index < -0.39 is 0 Å². The molecule has 162 valence electrons.